The van der Waals surface area contributed by atoms with E-state index in [1.165, 1.54) is 11.3 Å². The number of rotatable bonds is 2. The lowest BCUT2D eigenvalue weighted by molar-refractivity contribution is 0.544. The van der Waals surface area contributed by atoms with E-state index in [0.29, 0.717) is 0 Å². The minimum atomic E-state index is -0.113. The fourth-order valence-corrected chi connectivity index (χ4v) is 3.41. The molecule has 0 saturated heterocycles. The third kappa shape index (κ3) is 2.58. The maximum Gasteiger partial charge on any atom is 0.163 e. The molecule has 0 spiro atoms. The molecule has 0 unspecified atom stereocenters. The van der Waals surface area contributed by atoms with Gasteiger partial charge in [0.1, 0.15) is 11.6 Å². The van der Waals surface area contributed by atoms with Crippen LogP contribution in [0.5, 0.6) is 0 Å². The standard InChI is InChI=1S/C18H25N7/c1-6-13-12-10-25(8-7-14(12)23-22-13)16-11-9-19-24(5)15(11)20-17(21-16)18(2,3)4/h9H,6-8,10H2,1-5H3,(H,22,23). The van der Waals surface area contributed by atoms with Crippen molar-refractivity contribution in [2.45, 2.75) is 52.5 Å². The molecule has 3 aromatic rings. The van der Waals surface area contributed by atoms with Crippen LogP contribution in [0.3, 0.4) is 0 Å². The van der Waals surface area contributed by atoms with Gasteiger partial charge in [-0.1, -0.05) is 27.7 Å². The number of hydrogen-bond acceptors (Lipinski definition) is 5. The minimum absolute atomic E-state index is 0.113. The first-order valence-electron chi connectivity index (χ1n) is 8.88. The highest BCUT2D eigenvalue weighted by Gasteiger charge is 2.27. The topological polar surface area (TPSA) is 75.5 Å². The van der Waals surface area contributed by atoms with Crippen LogP contribution in [0.25, 0.3) is 11.0 Å². The number of anilines is 1. The zero-order valence-electron chi connectivity index (χ0n) is 15.6. The van der Waals surface area contributed by atoms with E-state index >= 15 is 0 Å². The molecular weight excluding hydrogens is 314 g/mol. The molecule has 1 aliphatic heterocycles. The van der Waals surface area contributed by atoms with E-state index in [-0.39, 0.29) is 5.41 Å². The Bertz CT molecular complexity index is 915. The lowest BCUT2D eigenvalue weighted by atomic mass is 9.95. The number of aromatic amines is 1. The highest BCUT2D eigenvalue weighted by Crippen LogP contribution is 2.31. The van der Waals surface area contributed by atoms with Crippen LogP contribution in [0.2, 0.25) is 0 Å². The highest BCUT2D eigenvalue weighted by atomic mass is 15.3. The fraction of sp³-hybridized carbons (Fsp3) is 0.556. The van der Waals surface area contributed by atoms with E-state index in [0.717, 1.165) is 54.3 Å². The first-order chi connectivity index (χ1) is 11.9. The van der Waals surface area contributed by atoms with E-state index in [9.17, 15) is 0 Å². The molecule has 4 rings (SSSR count). The predicted octanol–water partition coefficient (Wildman–Crippen LogP) is 2.51. The first kappa shape index (κ1) is 16.1. The van der Waals surface area contributed by atoms with Crippen LogP contribution in [-0.2, 0) is 31.8 Å². The van der Waals surface area contributed by atoms with Crippen LogP contribution >= 0.6 is 0 Å². The van der Waals surface area contributed by atoms with Gasteiger partial charge in [-0.15, -0.1) is 0 Å². The van der Waals surface area contributed by atoms with Gasteiger partial charge in [0.15, 0.2) is 5.65 Å². The van der Waals surface area contributed by atoms with Crippen molar-refractivity contribution in [2.24, 2.45) is 7.05 Å². The molecule has 3 aromatic heterocycles. The fourth-order valence-electron chi connectivity index (χ4n) is 3.41. The second-order valence-electron chi connectivity index (χ2n) is 7.78. The third-order valence-corrected chi connectivity index (χ3v) is 4.90. The average Bonchev–Trinajstić information content (AvgIpc) is 3.16. The Balaban J connectivity index is 1.84. The Morgan fingerprint density at radius 2 is 2.04 bits per heavy atom. The van der Waals surface area contributed by atoms with Crippen LogP contribution in [0, 0.1) is 0 Å². The number of nitrogens with one attached hydrogen (secondary N) is 1. The lowest BCUT2D eigenvalue weighted by Crippen LogP contribution is -2.32. The predicted molar refractivity (Wildman–Crippen MR) is 97.7 cm³/mol. The molecule has 0 fully saturated rings. The number of fused-ring (bicyclic) bond motifs is 2. The van der Waals surface area contributed by atoms with E-state index < -0.39 is 0 Å². The number of hydrogen-bond donors (Lipinski definition) is 1. The molecule has 1 aliphatic rings. The SMILES string of the molecule is CCc1n[nH]c2c1CN(c1nc(C(C)(C)C)nc3c1cnn3C)CC2. The lowest BCUT2D eigenvalue weighted by Gasteiger charge is -2.29. The highest BCUT2D eigenvalue weighted by molar-refractivity contribution is 5.87. The Hall–Kier alpha value is -2.44. The van der Waals surface area contributed by atoms with Crippen molar-refractivity contribution in [1.82, 2.24) is 29.9 Å². The molecule has 132 valence electrons. The Labute approximate surface area is 147 Å². The van der Waals surface area contributed by atoms with Gasteiger partial charge in [-0.2, -0.15) is 10.2 Å². The van der Waals surface area contributed by atoms with Crippen molar-refractivity contribution in [3.63, 3.8) is 0 Å². The molecule has 1 N–H and O–H groups in total. The number of nitrogens with zero attached hydrogens (tertiary/aromatic N) is 6. The number of aromatic nitrogens is 6. The molecule has 0 atom stereocenters. The summed E-state index contributed by atoms with van der Waals surface area (Å²) in [6, 6.07) is 0. The molecule has 0 aromatic carbocycles. The molecule has 4 heterocycles. The number of aryl methyl sites for hydroxylation is 2. The van der Waals surface area contributed by atoms with Crippen LogP contribution < -0.4 is 4.90 Å². The molecule has 0 aliphatic carbocycles. The molecule has 0 saturated carbocycles. The second-order valence-corrected chi connectivity index (χ2v) is 7.78. The van der Waals surface area contributed by atoms with Crippen molar-refractivity contribution in [3.8, 4) is 0 Å². The third-order valence-electron chi connectivity index (χ3n) is 4.90. The van der Waals surface area contributed by atoms with Gasteiger partial charge in [0.05, 0.1) is 17.3 Å². The molecule has 0 bridgehead atoms. The van der Waals surface area contributed by atoms with Crippen molar-refractivity contribution in [2.75, 3.05) is 11.4 Å². The maximum absolute atomic E-state index is 4.95. The summed E-state index contributed by atoms with van der Waals surface area (Å²) in [6.45, 7) is 10.3. The van der Waals surface area contributed by atoms with Crippen LogP contribution in [-0.4, -0.2) is 36.5 Å². The van der Waals surface area contributed by atoms with Crippen molar-refractivity contribution < 1.29 is 0 Å². The molecule has 7 heteroatoms. The van der Waals surface area contributed by atoms with E-state index in [1.54, 1.807) is 0 Å². The van der Waals surface area contributed by atoms with Gasteiger partial charge in [0.25, 0.3) is 0 Å². The van der Waals surface area contributed by atoms with Gasteiger partial charge in [-0.05, 0) is 6.42 Å². The second kappa shape index (κ2) is 5.54. The number of H-pyrrole nitrogens is 1. The van der Waals surface area contributed by atoms with Gasteiger partial charge in [0.2, 0.25) is 0 Å². The monoisotopic (exact) mass is 339 g/mol. The molecule has 25 heavy (non-hydrogen) atoms. The first-order valence-corrected chi connectivity index (χ1v) is 8.88. The van der Waals surface area contributed by atoms with Gasteiger partial charge in [-0.25, -0.2) is 9.97 Å². The smallest absolute Gasteiger partial charge is 0.163 e. The van der Waals surface area contributed by atoms with E-state index in [2.05, 4.69) is 47.9 Å². The zero-order valence-corrected chi connectivity index (χ0v) is 15.6. The van der Waals surface area contributed by atoms with Gasteiger partial charge in [-0.3, -0.25) is 9.78 Å². The quantitative estimate of drug-likeness (QED) is 0.776. The van der Waals surface area contributed by atoms with E-state index in [4.69, 9.17) is 9.97 Å². The zero-order chi connectivity index (χ0) is 17.8. The van der Waals surface area contributed by atoms with Crippen molar-refractivity contribution in [1.29, 1.82) is 0 Å². The van der Waals surface area contributed by atoms with Gasteiger partial charge < -0.3 is 4.90 Å². The summed E-state index contributed by atoms with van der Waals surface area (Å²) >= 11 is 0. The van der Waals surface area contributed by atoms with Crippen LogP contribution in [0.4, 0.5) is 5.82 Å². The van der Waals surface area contributed by atoms with Crippen LogP contribution in [0.15, 0.2) is 6.20 Å². The van der Waals surface area contributed by atoms with Gasteiger partial charge in [0, 0.05) is 43.2 Å². The summed E-state index contributed by atoms with van der Waals surface area (Å²) in [6.07, 6.45) is 3.78. The minimum Gasteiger partial charge on any atom is -0.351 e. The van der Waals surface area contributed by atoms with Gasteiger partial charge >= 0.3 is 0 Å². The summed E-state index contributed by atoms with van der Waals surface area (Å²) in [5.41, 5.74) is 4.52. The Kier molecular flexibility index (Phi) is 3.56. The van der Waals surface area contributed by atoms with Crippen LogP contribution in [0.1, 0.15) is 50.5 Å². The van der Waals surface area contributed by atoms with Crippen molar-refractivity contribution >= 4 is 16.9 Å². The summed E-state index contributed by atoms with van der Waals surface area (Å²) < 4.78 is 1.83. The Morgan fingerprint density at radius 1 is 1.24 bits per heavy atom. The maximum atomic E-state index is 4.95. The Morgan fingerprint density at radius 3 is 2.76 bits per heavy atom. The summed E-state index contributed by atoms with van der Waals surface area (Å²) in [5.74, 6) is 1.84. The summed E-state index contributed by atoms with van der Waals surface area (Å²) in [4.78, 5) is 12.1. The molecule has 7 nitrogen and oxygen atoms in total. The summed E-state index contributed by atoms with van der Waals surface area (Å²) in [7, 11) is 1.94. The largest absolute Gasteiger partial charge is 0.351 e. The molecule has 0 radical (unpaired) electrons. The molecular formula is C18H25N7. The molecule has 0 amide bonds. The summed E-state index contributed by atoms with van der Waals surface area (Å²) in [5, 5.41) is 13.1. The van der Waals surface area contributed by atoms with Crippen molar-refractivity contribution in [3.05, 3.63) is 29.0 Å². The van der Waals surface area contributed by atoms with E-state index in [1.807, 2.05) is 17.9 Å². The normalized spacial score (nSPS) is 15.0. The average molecular weight is 339 g/mol.